The molecule has 0 saturated carbocycles. The minimum atomic E-state index is -0.635. The maximum Gasteiger partial charge on any atom is 0.234 e. The molecular formula is C12H16F2N2O. The van der Waals surface area contributed by atoms with Crippen molar-refractivity contribution in [1.29, 1.82) is 0 Å². The van der Waals surface area contributed by atoms with Crippen LogP contribution in [0.5, 0.6) is 0 Å². The predicted octanol–water partition coefficient (Wildman–Crippen LogP) is 1.88. The lowest BCUT2D eigenvalue weighted by molar-refractivity contribution is -0.120. The Balaban J connectivity index is 2.82. The van der Waals surface area contributed by atoms with Gasteiger partial charge in [-0.1, -0.05) is 13.0 Å². The molecule has 0 aromatic heterocycles. The van der Waals surface area contributed by atoms with Crippen molar-refractivity contribution in [2.24, 2.45) is 5.73 Å². The topological polar surface area (TPSA) is 55.1 Å². The Bertz CT molecular complexity index is 409. The summed E-state index contributed by atoms with van der Waals surface area (Å²) in [6.45, 7) is 3.50. The number of hydrogen-bond acceptors (Lipinski definition) is 2. The number of nitrogens with one attached hydrogen (secondary N) is 1. The van der Waals surface area contributed by atoms with E-state index in [9.17, 15) is 13.6 Å². The van der Waals surface area contributed by atoms with Crippen molar-refractivity contribution in [1.82, 2.24) is 5.32 Å². The van der Waals surface area contributed by atoms with Gasteiger partial charge in [0, 0.05) is 17.7 Å². The summed E-state index contributed by atoms with van der Waals surface area (Å²) in [6, 6.07) is 2.43. The average Bonchev–Trinajstić information content (AvgIpc) is 2.24. The second kappa shape index (κ2) is 5.72. The summed E-state index contributed by atoms with van der Waals surface area (Å²) >= 11 is 0. The van der Waals surface area contributed by atoms with E-state index in [0.717, 1.165) is 6.07 Å². The Morgan fingerprint density at radius 3 is 2.59 bits per heavy atom. The predicted molar refractivity (Wildman–Crippen MR) is 61.2 cm³/mol. The molecule has 1 aromatic rings. The van der Waals surface area contributed by atoms with Crippen molar-refractivity contribution in [2.45, 2.75) is 32.4 Å². The van der Waals surface area contributed by atoms with E-state index in [1.54, 1.807) is 13.8 Å². The van der Waals surface area contributed by atoms with Crippen LogP contribution in [0.15, 0.2) is 18.2 Å². The van der Waals surface area contributed by atoms with Crippen molar-refractivity contribution in [2.75, 3.05) is 0 Å². The van der Waals surface area contributed by atoms with E-state index in [4.69, 9.17) is 5.73 Å². The number of primary amides is 1. The number of benzene rings is 1. The molecule has 0 aliphatic rings. The number of carbonyl (C=O) groups is 1. The largest absolute Gasteiger partial charge is 0.368 e. The number of amides is 1. The van der Waals surface area contributed by atoms with Gasteiger partial charge in [0.2, 0.25) is 5.91 Å². The monoisotopic (exact) mass is 242 g/mol. The van der Waals surface area contributed by atoms with Crippen LogP contribution in [-0.2, 0) is 4.79 Å². The third-order valence-corrected chi connectivity index (χ3v) is 2.63. The maximum absolute atomic E-state index is 13.5. The van der Waals surface area contributed by atoms with Crippen LogP contribution < -0.4 is 11.1 Å². The van der Waals surface area contributed by atoms with Crippen molar-refractivity contribution >= 4 is 5.91 Å². The van der Waals surface area contributed by atoms with Crippen LogP contribution in [-0.4, -0.2) is 11.9 Å². The molecule has 3 N–H and O–H groups in total. The molecule has 1 rings (SSSR count). The fourth-order valence-corrected chi connectivity index (χ4v) is 1.65. The first kappa shape index (κ1) is 13.6. The smallest absolute Gasteiger partial charge is 0.234 e. The van der Waals surface area contributed by atoms with Crippen molar-refractivity contribution in [3.8, 4) is 0 Å². The van der Waals surface area contributed by atoms with E-state index >= 15 is 0 Å². The number of halogens is 2. The van der Waals surface area contributed by atoms with Gasteiger partial charge in [-0.25, -0.2) is 8.78 Å². The molecule has 0 fully saturated rings. The van der Waals surface area contributed by atoms with E-state index < -0.39 is 29.6 Å². The second-order valence-electron chi connectivity index (χ2n) is 3.92. The summed E-state index contributed by atoms with van der Waals surface area (Å²) in [5, 5.41) is 2.91. The summed E-state index contributed by atoms with van der Waals surface area (Å²) in [7, 11) is 0. The number of nitrogens with two attached hydrogens (primary N) is 1. The van der Waals surface area contributed by atoms with Gasteiger partial charge >= 0.3 is 0 Å². The lowest BCUT2D eigenvalue weighted by Crippen LogP contribution is -2.42. The fraction of sp³-hybridized carbons (Fsp3) is 0.417. The quantitative estimate of drug-likeness (QED) is 0.828. The molecule has 0 bridgehead atoms. The third-order valence-electron chi connectivity index (χ3n) is 2.63. The zero-order chi connectivity index (χ0) is 13.0. The average molecular weight is 242 g/mol. The molecule has 94 valence electrons. The van der Waals surface area contributed by atoms with Crippen molar-refractivity contribution < 1.29 is 13.6 Å². The van der Waals surface area contributed by atoms with Gasteiger partial charge in [-0.2, -0.15) is 0 Å². The molecule has 0 heterocycles. The van der Waals surface area contributed by atoms with Gasteiger partial charge in [0.25, 0.3) is 0 Å². The Labute approximate surface area is 99.0 Å². The molecule has 0 aliphatic heterocycles. The van der Waals surface area contributed by atoms with Crippen molar-refractivity contribution in [3.05, 3.63) is 35.4 Å². The molecule has 3 nitrogen and oxygen atoms in total. The highest BCUT2D eigenvalue weighted by Gasteiger charge is 2.18. The van der Waals surface area contributed by atoms with Gasteiger partial charge < -0.3 is 5.73 Å². The molecule has 1 aromatic carbocycles. The first-order chi connectivity index (χ1) is 7.95. The van der Waals surface area contributed by atoms with Crippen LogP contribution >= 0.6 is 0 Å². The van der Waals surface area contributed by atoms with Gasteiger partial charge in [0.05, 0.1) is 6.04 Å². The van der Waals surface area contributed by atoms with Gasteiger partial charge in [-0.15, -0.1) is 0 Å². The first-order valence-corrected chi connectivity index (χ1v) is 5.46. The summed E-state index contributed by atoms with van der Waals surface area (Å²) in [6.07, 6.45) is 0.516. The molecule has 1 amide bonds. The molecule has 5 heteroatoms. The fourth-order valence-electron chi connectivity index (χ4n) is 1.65. The van der Waals surface area contributed by atoms with Crippen LogP contribution in [0.1, 0.15) is 31.9 Å². The highest BCUT2D eigenvalue weighted by molar-refractivity contribution is 5.79. The van der Waals surface area contributed by atoms with Crippen LogP contribution in [0.25, 0.3) is 0 Å². The summed E-state index contributed by atoms with van der Waals surface area (Å²) in [5.41, 5.74) is 5.49. The Hall–Kier alpha value is -1.49. The molecule has 0 unspecified atom stereocenters. The summed E-state index contributed by atoms with van der Waals surface area (Å²) < 4.78 is 26.2. The highest BCUT2D eigenvalue weighted by atomic mass is 19.1. The van der Waals surface area contributed by atoms with Crippen LogP contribution in [0, 0.1) is 11.6 Å². The number of hydrogen-bond donors (Lipinski definition) is 2. The van der Waals surface area contributed by atoms with Gasteiger partial charge in [0.15, 0.2) is 0 Å². The highest BCUT2D eigenvalue weighted by Crippen LogP contribution is 2.18. The van der Waals surface area contributed by atoms with Gasteiger partial charge in [-0.05, 0) is 19.4 Å². The molecule has 17 heavy (non-hydrogen) atoms. The zero-order valence-corrected chi connectivity index (χ0v) is 9.84. The van der Waals surface area contributed by atoms with E-state index in [1.165, 1.54) is 12.1 Å². The Morgan fingerprint density at radius 1 is 1.47 bits per heavy atom. The second-order valence-corrected chi connectivity index (χ2v) is 3.92. The van der Waals surface area contributed by atoms with E-state index in [-0.39, 0.29) is 0 Å². The van der Waals surface area contributed by atoms with Gasteiger partial charge in [0.1, 0.15) is 11.6 Å². The van der Waals surface area contributed by atoms with E-state index in [2.05, 4.69) is 5.32 Å². The minimum absolute atomic E-state index is 0.311. The van der Waals surface area contributed by atoms with E-state index in [1.807, 2.05) is 0 Å². The van der Waals surface area contributed by atoms with Crippen LogP contribution in [0.3, 0.4) is 0 Å². The maximum atomic E-state index is 13.5. The molecule has 0 radical (unpaired) electrons. The summed E-state index contributed by atoms with van der Waals surface area (Å²) in [4.78, 5) is 11.0. The van der Waals surface area contributed by atoms with Gasteiger partial charge in [-0.3, -0.25) is 10.1 Å². The molecular weight excluding hydrogens is 226 g/mol. The lowest BCUT2D eigenvalue weighted by Gasteiger charge is -2.20. The van der Waals surface area contributed by atoms with Crippen LogP contribution in [0.4, 0.5) is 8.78 Å². The van der Waals surface area contributed by atoms with E-state index in [0.29, 0.717) is 12.0 Å². The number of carbonyl (C=O) groups excluding carboxylic acids is 1. The molecule has 0 spiro atoms. The van der Waals surface area contributed by atoms with Crippen LogP contribution in [0.2, 0.25) is 0 Å². The standard InChI is InChI=1S/C12H16F2N2O/c1-3-11(12(15)17)16-7(2)9-5-4-8(13)6-10(9)14/h4-7,11,16H,3H2,1-2H3,(H2,15,17)/t7-,11+/m1/s1. The minimum Gasteiger partial charge on any atom is -0.368 e. The molecule has 0 saturated heterocycles. The zero-order valence-electron chi connectivity index (χ0n) is 9.84. The normalized spacial score (nSPS) is 14.4. The molecule has 0 aliphatic carbocycles. The SMILES string of the molecule is CC[C@H](N[C@H](C)c1ccc(F)cc1F)C(N)=O. The summed E-state index contributed by atoms with van der Waals surface area (Å²) in [5.74, 6) is -1.74. The lowest BCUT2D eigenvalue weighted by atomic mass is 10.1. The Morgan fingerprint density at radius 2 is 2.12 bits per heavy atom. The first-order valence-electron chi connectivity index (χ1n) is 5.46. The van der Waals surface area contributed by atoms with Crippen molar-refractivity contribution in [3.63, 3.8) is 0 Å². The molecule has 2 atom stereocenters. The number of rotatable bonds is 5. The Kier molecular flexibility index (Phi) is 4.57. The third kappa shape index (κ3) is 3.49.